The molecule has 124 valence electrons. The zero-order chi connectivity index (χ0) is 16.3. The molecule has 7 heteroatoms. The first-order valence-electron chi connectivity index (χ1n) is 7.04. The van der Waals surface area contributed by atoms with Crippen LogP contribution in [-0.4, -0.2) is 11.8 Å². The highest BCUT2D eigenvalue weighted by molar-refractivity contribution is 7.16. The molecule has 0 saturated carbocycles. The summed E-state index contributed by atoms with van der Waals surface area (Å²) in [5.41, 5.74) is 7.82. The minimum absolute atomic E-state index is 0. The zero-order valence-electron chi connectivity index (χ0n) is 13.4. The van der Waals surface area contributed by atoms with Crippen molar-refractivity contribution in [2.75, 3.05) is 5.32 Å². The first kappa shape index (κ1) is 19.3. The number of carbonyl (C=O) groups is 2. The van der Waals surface area contributed by atoms with E-state index in [2.05, 4.69) is 5.32 Å². The van der Waals surface area contributed by atoms with E-state index in [9.17, 15) is 9.59 Å². The molecule has 0 atom stereocenters. The van der Waals surface area contributed by atoms with Gasteiger partial charge in [0.2, 0.25) is 5.91 Å². The van der Waals surface area contributed by atoms with Gasteiger partial charge in [0.25, 0.3) is 5.91 Å². The Hall–Kier alpha value is -1.73. The largest absolute Gasteiger partial charge is 1.00 e. The van der Waals surface area contributed by atoms with Gasteiger partial charge in [-0.15, -0.1) is 11.3 Å². The number of halogens is 1. The molecule has 2 rings (SSSR count). The van der Waals surface area contributed by atoms with Gasteiger partial charge in [0.15, 0.2) is 18.9 Å². The Labute approximate surface area is 150 Å². The lowest BCUT2D eigenvalue weighted by Crippen LogP contribution is -3.00. The molecule has 0 fully saturated rings. The van der Waals surface area contributed by atoms with Crippen LogP contribution in [-0.2, 0) is 11.3 Å². The number of primary amides is 1. The summed E-state index contributed by atoms with van der Waals surface area (Å²) < 4.78 is 1.95. The molecule has 0 aromatic carbocycles. The molecule has 2 aromatic rings. The number of hydrogen-bond acceptors (Lipinski definition) is 3. The normalized spacial score (nSPS) is 10.0. The lowest BCUT2D eigenvalue weighted by molar-refractivity contribution is -0.695. The summed E-state index contributed by atoms with van der Waals surface area (Å²) in [4.78, 5) is 24.6. The average molecular weight is 398 g/mol. The second-order valence-electron chi connectivity index (χ2n) is 5.26. The highest BCUT2D eigenvalue weighted by Crippen LogP contribution is 2.32. The van der Waals surface area contributed by atoms with Gasteiger partial charge in [0.1, 0.15) is 5.00 Å². The topological polar surface area (TPSA) is 76.1 Å². The second-order valence-corrected chi connectivity index (χ2v) is 6.49. The maximum Gasteiger partial charge on any atom is 0.251 e. The molecule has 5 nitrogen and oxygen atoms in total. The third kappa shape index (κ3) is 4.87. The van der Waals surface area contributed by atoms with Gasteiger partial charge in [-0.05, 0) is 31.9 Å². The second kappa shape index (κ2) is 8.21. The molecule has 3 N–H and O–H groups in total. The molecule has 23 heavy (non-hydrogen) atoms. The number of carbonyl (C=O) groups excluding carboxylic acids is 2. The van der Waals surface area contributed by atoms with Gasteiger partial charge >= 0.3 is 0 Å². The molecule has 0 bridgehead atoms. The summed E-state index contributed by atoms with van der Waals surface area (Å²) in [7, 11) is 0. The first-order valence-corrected chi connectivity index (χ1v) is 7.85. The average Bonchev–Trinajstić information content (AvgIpc) is 2.73. The number of nitrogens with two attached hydrogens (primary N) is 1. The van der Waals surface area contributed by atoms with E-state index < -0.39 is 5.91 Å². The van der Waals surface area contributed by atoms with Gasteiger partial charge in [0.05, 0.1) is 12.0 Å². The summed E-state index contributed by atoms with van der Waals surface area (Å²) in [5, 5.41) is 3.34. The fourth-order valence-corrected chi connectivity index (χ4v) is 3.19. The molecule has 0 radical (unpaired) electrons. The first-order chi connectivity index (χ1) is 10.4. The van der Waals surface area contributed by atoms with Gasteiger partial charge in [-0.25, -0.2) is 4.57 Å². The van der Waals surface area contributed by atoms with Crippen LogP contribution in [0.25, 0.3) is 0 Å². The predicted octanol–water partition coefficient (Wildman–Crippen LogP) is -0.907. The van der Waals surface area contributed by atoms with Crippen molar-refractivity contribution in [3.8, 4) is 0 Å². The number of thiophene rings is 1. The number of anilines is 1. The third-order valence-corrected chi connectivity index (χ3v) is 4.66. The number of nitrogens with zero attached hydrogens (tertiary/aromatic N) is 1. The van der Waals surface area contributed by atoms with Gasteiger partial charge in [-0.1, -0.05) is 0 Å². The van der Waals surface area contributed by atoms with Crippen molar-refractivity contribution < 1.29 is 31.1 Å². The lowest BCUT2D eigenvalue weighted by Gasteiger charge is -2.04. The van der Waals surface area contributed by atoms with E-state index in [-0.39, 0.29) is 22.9 Å². The van der Waals surface area contributed by atoms with E-state index >= 15 is 0 Å². The Kier molecular flexibility index (Phi) is 6.90. The summed E-state index contributed by atoms with van der Waals surface area (Å²) in [6, 6.07) is 3.99. The number of rotatable bonds is 5. The Bertz CT molecular complexity index is 711. The molecule has 0 unspecified atom stereocenters. The van der Waals surface area contributed by atoms with Crippen molar-refractivity contribution in [2.24, 2.45) is 5.73 Å². The van der Waals surface area contributed by atoms with Crippen LogP contribution in [0.1, 0.15) is 32.8 Å². The van der Waals surface area contributed by atoms with Crippen LogP contribution < -0.4 is 32.6 Å². The van der Waals surface area contributed by atoms with Crippen LogP contribution in [0.5, 0.6) is 0 Å². The number of amides is 2. The standard InChI is InChI=1S/C16H19N3O2S.BrH/c1-10-4-7-19(8-5-10)9-6-13(20)18-16-14(15(17)21)11(2)12(3)22-16;/h4-5,7-8H,6,9H2,1-3H3,(H2-,17,18,20,21);1H. The summed E-state index contributed by atoms with van der Waals surface area (Å²) in [5.74, 6) is -0.637. The van der Waals surface area contributed by atoms with E-state index in [1.165, 1.54) is 16.9 Å². The molecule has 0 spiro atoms. The highest BCUT2D eigenvalue weighted by atomic mass is 79.9. The Morgan fingerprint density at radius 1 is 1.22 bits per heavy atom. The predicted molar refractivity (Wildman–Crippen MR) is 86.9 cm³/mol. The monoisotopic (exact) mass is 397 g/mol. The van der Waals surface area contributed by atoms with Crippen molar-refractivity contribution >= 4 is 28.2 Å². The van der Waals surface area contributed by atoms with E-state index in [0.29, 0.717) is 23.5 Å². The van der Waals surface area contributed by atoms with Gasteiger partial charge in [-0.2, -0.15) is 0 Å². The van der Waals surface area contributed by atoms with Crippen molar-refractivity contribution in [3.05, 3.63) is 46.1 Å². The van der Waals surface area contributed by atoms with Crippen molar-refractivity contribution in [2.45, 2.75) is 33.7 Å². The lowest BCUT2D eigenvalue weighted by atomic mass is 10.1. The summed E-state index contributed by atoms with van der Waals surface area (Å²) in [6.07, 6.45) is 4.22. The Balaban J connectivity index is 0.00000264. The molecule has 0 saturated heterocycles. The van der Waals surface area contributed by atoms with Gasteiger partial charge < -0.3 is 28.0 Å². The van der Waals surface area contributed by atoms with Crippen molar-refractivity contribution in [1.82, 2.24) is 0 Å². The van der Waals surface area contributed by atoms with Crippen molar-refractivity contribution in [1.29, 1.82) is 0 Å². The molecule has 2 heterocycles. The van der Waals surface area contributed by atoms with Crippen LogP contribution in [0, 0.1) is 20.8 Å². The Morgan fingerprint density at radius 2 is 1.83 bits per heavy atom. The molecule has 0 aliphatic rings. The smallest absolute Gasteiger partial charge is 0.251 e. The third-order valence-electron chi connectivity index (χ3n) is 3.54. The maximum absolute atomic E-state index is 12.1. The fourth-order valence-electron chi connectivity index (χ4n) is 2.11. The van der Waals surface area contributed by atoms with E-state index in [4.69, 9.17) is 5.73 Å². The molecule has 0 aliphatic heterocycles. The van der Waals surface area contributed by atoms with Gasteiger partial charge in [-0.3, -0.25) is 9.59 Å². The molecule has 2 amide bonds. The minimum Gasteiger partial charge on any atom is -1.00 e. The number of pyridine rings is 1. The molecular weight excluding hydrogens is 378 g/mol. The van der Waals surface area contributed by atoms with Crippen LogP contribution in [0.4, 0.5) is 5.00 Å². The molecule has 0 aliphatic carbocycles. The van der Waals surface area contributed by atoms with E-state index in [1.807, 2.05) is 49.9 Å². The highest BCUT2D eigenvalue weighted by Gasteiger charge is 2.19. The van der Waals surface area contributed by atoms with E-state index in [0.717, 1.165) is 10.4 Å². The summed E-state index contributed by atoms with van der Waals surface area (Å²) >= 11 is 1.38. The van der Waals surface area contributed by atoms with Crippen LogP contribution in [0.15, 0.2) is 24.5 Å². The fraction of sp³-hybridized carbons (Fsp3) is 0.312. The van der Waals surface area contributed by atoms with Crippen LogP contribution >= 0.6 is 11.3 Å². The quantitative estimate of drug-likeness (QED) is 0.641. The molecule has 2 aromatic heterocycles. The zero-order valence-corrected chi connectivity index (χ0v) is 15.8. The van der Waals surface area contributed by atoms with Crippen LogP contribution in [0.3, 0.4) is 0 Å². The van der Waals surface area contributed by atoms with Crippen LogP contribution in [0.2, 0.25) is 0 Å². The number of hydrogen-bond donors (Lipinski definition) is 2. The Morgan fingerprint density at radius 3 is 2.39 bits per heavy atom. The summed E-state index contributed by atoms with van der Waals surface area (Å²) in [6.45, 7) is 6.35. The number of aryl methyl sites for hydroxylation is 3. The van der Waals surface area contributed by atoms with Crippen molar-refractivity contribution in [3.63, 3.8) is 0 Å². The number of aromatic nitrogens is 1. The maximum atomic E-state index is 12.1. The number of nitrogens with one attached hydrogen (secondary N) is 1. The molecular formula is C16H20BrN3O2S. The van der Waals surface area contributed by atoms with E-state index in [1.54, 1.807) is 0 Å². The minimum atomic E-state index is -0.509. The SMILES string of the molecule is Cc1cc[n+](CCC(=O)Nc2sc(C)c(C)c2C(N)=O)cc1.[Br-]. The van der Waals surface area contributed by atoms with Gasteiger partial charge in [0, 0.05) is 17.0 Å².